The number of carbonyl (C=O) groups is 1. The molecule has 3 heterocycles. The number of aliphatic hydroxyl groups is 1. The van der Waals surface area contributed by atoms with Gasteiger partial charge in [0.1, 0.15) is 17.1 Å². The van der Waals surface area contributed by atoms with E-state index in [0.717, 1.165) is 5.69 Å². The SMILES string of the molecule is Cc1cnc(NC(=O)c2cc(Oc3cnc(C(O)N(C)C)nc3)c3cc(C)oc3c2)cn1. The summed E-state index contributed by atoms with van der Waals surface area (Å²) in [5, 5.41) is 13.5. The molecule has 0 radical (unpaired) electrons. The zero-order valence-corrected chi connectivity index (χ0v) is 18.0. The van der Waals surface area contributed by atoms with Crippen molar-refractivity contribution in [3.8, 4) is 11.5 Å². The number of fused-ring (bicyclic) bond motifs is 1. The molecule has 1 aromatic carbocycles. The Morgan fingerprint density at radius 3 is 2.47 bits per heavy atom. The zero-order chi connectivity index (χ0) is 22.8. The molecule has 0 fully saturated rings. The molecule has 32 heavy (non-hydrogen) atoms. The van der Waals surface area contributed by atoms with Gasteiger partial charge in [-0.15, -0.1) is 0 Å². The second kappa shape index (κ2) is 8.69. The van der Waals surface area contributed by atoms with E-state index in [2.05, 4.69) is 25.3 Å². The van der Waals surface area contributed by atoms with E-state index in [-0.39, 0.29) is 11.7 Å². The second-order valence-electron chi connectivity index (χ2n) is 7.46. The van der Waals surface area contributed by atoms with Gasteiger partial charge in [-0.1, -0.05) is 0 Å². The van der Waals surface area contributed by atoms with E-state index in [9.17, 15) is 9.90 Å². The molecule has 164 valence electrons. The van der Waals surface area contributed by atoms with Crippen LogP contribution in [0.5, 0.6) is 11.5 Å². The van der Waals surface area contributed by atoms with Crippen molar-refractivity contribution < 1.29 is 19.1 Å². The van der Waals surface area contributed by atoms with Crippen LogP contribution in [-0.4, -0.2) is 49.9 Å². The number of carbonyl (C=O) groups excluding carboxylic acids is 1. The highest BCUT2D eigenvalue weighted by Crippen LogP contribution is 2.33. The molecular weight excluding hydrogens is 412 g/mol. The average molecular weight is 434 g/mol. The van der Waals surface area contributed by atoms with Gasteiger partial charge in [0.15, 0.2) is 23.6 Å². The van der Waals surface area contributed by atoms with Gasteiger partial charge < -0.3 is 19.6 Å². The maximum Gasteiger partial charge on any atom is 0.257 e. The Kier molecular flexibility index (Phi) is 5.80. The van der Waals surface area contributed by atoms with Crippen molar-refractivity contribution in [2.75, 3.05) is 19.4 Å². The molecule has 0 saturated carbocycles. The van der Waals surface area contributed by atoms with E-state index in [1.54, 1.807) is 37.3 Å². The van der Waals surface area contributed by atoms with Gasteiger partial charge in [0.25, 0.3) is 5.91 Å². The lowest BCUT2D eigenvalue weighted by Gasteiger charge is -2.16. The highest BCUT2D eigenvalue weighted by Gasteiger charge is 2.17. The Bertz CT molecular complexity index is 1250. The van der Waals surface area contributed by atoms with E-state index in [1.165, 1.54) is 18.6 Å². The van der Waals surface area contributed by atoms with Crippen LogP contribution in [0.4, 0.5) is 5.82 Å². The van der Waals surface area contributed by atoms with Crippen LogP contribution in [0.25, 0.3) is 11.0 Å². The molecule has 10 heteroatoms. The number of aromatic nitrogens is 4. The Labute approximate surface area is 183 Å². The first-order valence-corrected chi connectivity index (χ1v) is 9.78. The van der Waals surface area contributed by atoms with Gasteiger partial charge in [-0.2, -0.15) is 0 Å². The van der Waals surface area contributed by atoms with Crippen molar-refractivity contribution in [1.29, 1.82) is 0 Å². The summed E-state index contributed by atoms with van der Waals surface area (Å²) in [6.07, 6.45) is 5.05. The quantitative estimate of drug-likeness (QED) is 0.440. The Hall–Kier alpha value is -3.89. The van der Waals surface area contributed by atoms with Gasteiger partial charge in [0.05, 0.1) is 35.9 Å². The highest BCUT2D eigenvalue weighted by atomic mass is 16.5. The van der Waals surface area contributed by atoms with Crippen LogP contribution >= 0.6 is 0 Å². The van der Waals surface area contributed by atoms with E-state index in [4.69, 9.17) is 9.15 Å². The molecule has 1 atom stereocenters. The molecule has 1 amide bonds. The summed E-state index contributed by atoms with van der Waals surface area (Å²) in [4.78, 5) is 31.0. The van der Waals surface area contributed by atoms with Crippen LogP contribution in [0.2, 0.25) is 0 Å². The van der Waals surface area contributed by atoms with Crippen LogP contribution in [0, 0.1) is 13.8 Å². The predicted octanol–water partition coefficient (Wildman–Crippen LogP) is 3.23. The second-order valence-corrected chi connectivity index (χ2v) is 7.46. The predicted molar refractivity (Wildman–Crippen MR) is 116 cm³/mol. The summed E-state index contributed by atoms with van der Waals surface area (Å²) in [7, 11) is 3.43. The van der Waals surface area contributed by atoms with Crippen LogP contribution < -0.4 is 10.1 Å². The summed E-state index contributed by atoms with van der Waals surface area (Å²) in [6.45, 7) is 3.62. The maximum atomic E-state index is 12.8. The first kappa shape index (κ1) is 21.3. The molecule has 0 bridgehead atoms. The maximum absolute atomic E-state index is 12.8. The van der Waals surface area contributed by atoms with Crippen LogP contribution in [-0.2, 0) is 0 Å². The molecular formula is C22H22N6O4. The van der Waals surface area contributed by atoms with Crippen molar-refractivity contribution >= 4 is 22.7 Å². The minimum atomic E-state index is -0.927. The Balaban J connectivity index is 1.63. The Morgan fingerprint density at radius 2 is 1.81 bits per heavy atom. The number of aliphatic hydroxyl groups excluding tert-OH is 1. The summed E-state index contributed by atoms with van der Waals surface area (Å²) >= 11 is 0. The van der Waals surface area contributed by atoms with Crippen molar-refractivity contribution in [3.05, 3.63) is 65.8 Å². The summed E-state index contributed by atoms with van der Waals surface area (Å²) in [5.74, 6) is 1.63. The third kappa shape index (κ3) is 4.56. The van der Waals surface area contributed by atoms with Gasteiger partial charge in [-0.25, -0.2) is 15.0 Å². The molecule has 4 rings (SSSR count). The number of ether oxygens (including phenoxy) is 1. The molecule has 0 aliphatic heterocycles. The van der Waals surface area contributed by atoms with Gasteiger partial charge >= 0.3 is 0 Å². The number of hydrogen-bond acceptors (Lipinski definition) is 9. The largest absolute Gasteiger partial charge is 0.461 e. The fraction of sp³-hybridized carbons (Fsp3) is 0.227. The third-order valence-corrected chi connectivity index (χ3v) is 4.60. The molecule has 3 aromatic heterocycles. The minimum absolute atomic E-state index is 0.249. The average Bonchev–Trinajstić information content (AvgIpc) is 3.15. The highest BCUT2D eigenvalue weighted by molar-refractivity contribution is 6.06. The molecule has 2 N–H and O–H groups in total. The first-order chi connectivity index (χ1) is 15.3. The number of aryl methyl sites for hydroxylation is 2. The summed E-state index contributed by atoms with van der Waals surface area (Å²) < 4.78 is 11.7. The number of nitrogens with zero attached hydrogens (tertiary/aromatic N) is 5. The monoisotopic (exact) mass is 434 g/mol. The molecule has 0 aliphatic carbocycles. The molecule has 0 saturated heterocycles. The van der Waals surface area contributed by atoms with Crippen molar-refractivity contribution in [1.82, 2.24) is 24.8 Å². The zero-order valence-electron chi connectivity index (χ0n) is 18.0. The van der Waals surface area contributed by atoms with Crippen LogP contribution in [0.15, 0.2) is 47.4 Å². The van der Waals surface area contributed by atoms with Gasteiger partial charge in [0, 0.05) is 5.56 Å². The number of anilines is 1. The van der Waals surface area contributed by atoms with E-state index in [1.807, 2.05) is 19.9 Å². The van der Waals surface area contributed by atoms with Gasteiger partial charge in [0.2, 0.25) is 0 Å². The van der Waals surface area contributed by atoms with Crippen molar-refractivity contribution in [3.63, 3.8) is 0 Å². The number of amides is 1. The lowest BCUT2D eigenvalue weighted by molar-refractivity contribution is 0.0316. The summed E-state index contributed by atoms with van der Waals surface area (Å²) in [6, 6.07) is 5.07. The third-order valence-electron chi connectivity index (χ3n) is 4.60. The molecule has 1 unspecified atom stereocenters. The van der Waals surface area contributed by atoms with Crippen LogP contribution in [0.3, 0.4) is 0 Å². The Morgan fingerprint density at radius 1 is 1.06 bits per heavy atom. The number of benzene rings is 1. The fourth-order valence-electron chi connectivity index (χ4n) is 2.97. The molecule has 0 spiro atoms. The number of furan rings is 1. The minimum Gasteiger partial charge on any atom is -0.461 e. The molecule has 4 aromatic rings. The smallest absolute Gasteiger partial charge is 0.257 e. The van der Waals surface area contributed by atoms with Crippen molar-refractivity contribution in [2.45, 2.75) is 20.1 Å². The normalized spacial score (nSPS) is 12.2. The summed E-state index contributed by atoms with van der Waals surface area (Å²) in [5.41, 5.74) is 1.57. The number of nitrogens with one attached hydrogen (secondary N) is 1. The van der Waals surface area contributed by atoms with E-state index < -0.39 is 6.23 Å². The van der Waals surface area contributed by atoms with Crippen LogP contribution in [0.1, 0.15) is 33.9 Å². The number of rotatable bonds is 6. The lowest BCUT2D eigenvalue weighted by atomic mass is 10.1. The number of hydrogen-bond donors (Lipinski definition) is 2. The molecule has 0 aliphatic rings. The standard InChI is InChI=1S/C22H22N6O4/c1-12-8-24-19(11-23-12)27-21(29)14-6-17-16(5-13(2)31-17)18(7-14)32-15-9-25-20(26-10-15)22(30)28(3)4/h5-11,22,30H,1-4H3,(H,24,27,29). The topological polar surface area (TPSA) is 126 Å². The van der Waals surface area contributed by atoms with E-state index >= 15 is 0 Å². The lowest BCUT2D eigenvalue weighted by Crippen LogP contribution is -2.21. The van der Waals surface area contributed by atoms with Gasteiger partial charge in [-0.3, -0.25) is 14.7 Å². The van der Waals surface area contributed by atoms with Gasteiger partial charge in [-0.05, 0) is 46.1 Å². The fourth-order valence-corrected chi connectivity index (χ4v) is 2.97. The van der Waals surface area contributed by atoms with E-state index in [0.29, 0.717) is 39.6 Å². The first-order valence-electron chi connectivity index (χ1n) is 9.78. The van der Waals surface area contributed by atoms with Crippen molar-refractivity contribution in [2.24, 2.45) is 0 Å². The molecule has 10 nitrogen and oxygen atoms in total.